The summed E-state index contributed by atoms with van der Waals surface area (Å²) in [5.41, 5.74) is 10.9. The number of carbonyl (C=O) groups is 4. The number of halogens is 7. The molecule has 0 spiro atoms. The van der Waals surface area contributed by atoms with Crippen molar-refractivity contribution in [3.05, 3.63) is 203 Å². The van der Waals surface area contributed by atoms with Crippen molar-refractivity contribution in [2.45, 2.75) is 33.1 Å². The molecule has 0 unspecified atom stereocenters. The van der Waals surface area contributed by atoms with Crippen LogP contribution < -0.4 is 12.4 Å². The normalized spacial score (nSPS) is 11.1. The number of methoxy groups -OCH3 is 4. The van der Waals surface area contributed by atoms with E-state index in [4.69, 9.17) is 34.2 Å². The Labute approximate surface area is 518 Å². The molecule has 0 saturated heterocycles. The molecule has 0 aliphatic rings. The predicted octanol–water partition coefficient (Wildman–Crippen LogP) is 6.63. The van der Waals surface area contributed by atoms with Crippen LogP contribution in [0.5, 0.6) is 0 Å². The molecule has 2 N–H and O–H groups in total. The van der Waals surface area contributed by atoms with Crippen LogP contribution in [0.2, 0.25) is 0 Å². The Morgan fingerprint density at radius 2 is 0.584 bits per heavy atom. The van der Waals surface area contributed by atoms with Gasteiger partial charge in [0.2, 0.25) is 0 Å². The third-order valence-electron chi connectivity index (χ3n) is 11.6. The van der Waals surface area contributed by atoms with Crippen molar-refractivity contribution in [2.24, 2.45) is 0 Å². The van der Waals surface area contributed by atoms with Crippen molar-refractivity contribution in [2.75, 3.05) is 28.4 Å². The summed E-state index contributed by atoms with van der Waals surface area (Å²) in [6.07, 6.45) is 7.26. The minimum atomic E-state index is -10.7. The first-order valence-corrected chi connectivity index (χ1v) is 27.1. The summed E-state index contributed by atoms with van der Waals surface area (Å²) in [6, 6.07) is 41.5. The van der Waals surface area contributed by atoms with Crippen LogP contribution >= 0.6 is 7.81 Å². The van der Waals surface area contributed by atoms with Gasteiger partial charge in [-0.15, -0.1) is 20.4 Å². The predicted molar refractivity (Wildman–Crippen MR) is 301 cm³/mol. The molecule has 0 bridgehead atoms. The number of benzene rings is 4. The first-order valence-electron chi connectivity index (χ1n) is 25.0. The number of carbonyl (C=O) groups excluding carboxylic acids is 4. The molecular formula is C56H51ClF6N15NiO9P. The molecule has 0 aliphatic heterocycles. The molecule has 0 radical (unpaired) electrons. The van der Waals surface area contributed by atoms with Gasteiger partial charge in [0.25, 0.3) is 0 Å². The number of rotatable bonds is 16. The molecular weight excluding hydrogens is 1270 g/mol. The molecule has 468 valence electrons. The minimum absolute atomic E-state index is 0. The summed E-state index contributed by atoms with van der Waals surface area (Å²) in [4.78, 5) is 55.9. The fourth-order valence-electron chi connectivity index (χ4n) is 7.62. The Morgan fingerprint density at radius 3 is 0.753 bits per heavy atom. The SMILES string of the molecule is CC#N.COC(=O)c1ccc(Cn2cc(-c3cccc(-c4cn(Cc5ccc(C(=O)OC)cc5)nn4)n3)nn2)cc1.COC(=O)c1ccc(Cn2cc(-c3cccc(-c4cn(Cc5ccc(C(=O)OC)cc5)nn4)n3)nn2)cc1.F[P-](F)(F)(F)(F)F.O.[Cl-].[Ni+2]. The van der Waals surface area contributed by atoms with E-state index in [1.54, 1.807) is 73.3 Å². The Balaban J connectivity index is 0.000000321. The maximum atomic E-state index is 11.6. The number of ether oxygens (including phenoxy) is 4. The zero-order valence-corrected chi connectivity index (χ0v) is 49.9. The quantitative estimate of drug-likeness (QED) is 0.0322. The Hall–Kier alpha value is -10.1. The molecule has 0 saturated carbocycles. The molecule has 89 heavy (non-hydrogen) atoms. The van der Waals surface area contributed by atoms with Crippen molar-refractivity contribution in [3.8, 4) is 51.6 Å². The van der Waals surface area contributed by atoms with Crippen LogP contribution in [-0.2, 0) is 61.6 Å². The number of nitrogens with zero attached hydrogens (tertiary/aromatic N) is 15. The van der Waals surface area contributed by atoms with Gasteiger partial charge < -0.3 is 36.8 Å². The van der Waals surface area contributed by atoms with Gasteiger partial charge in [0.05, 0.1) is 131 Å². The van der Waals surface area contributed by atoms with Crippen LogP contribution in [0.15, 0.2) is 158 Å². The summed E-state index contributed by atoms with van der Waals surface area (Å²) in [6.45, 7) is 3.39. The van der Waals surface area contributed by atoms with E-state index >= 15 is 0 Å². The maximum Gasteiger partial charge on any atom is 2.00 e. The van der Waals surface area contributed by atoms with Crippen LogP contribution in [-0.4, -0.2) is 128 Å². The van der Waals surface area contributed by atoms with Crippen molar-refractivity contribution in [3.63, 3.8) is 0 Å². The van der Waals surface area contributed by atoms with Gasteiger partial charge in [-0.2, -0.15) is 5.26 Å². The van der Waals surface area contributed by atoms with Gasteiger partial charge in [-0.05, 0) is 95.1 Å². The van der Waals surface area contributed by atoms with Gasteiger partial charge in [0.1, 0.15) is 22.8 Å². The second-order valence-corrected chi connectivity index (χ2v) is 19.9. The molecule has 10 aromatic rings. The van der Waals surface area contributed by atoms with Crippen LogP contribution in [0.25, 0.3) is 45.6 Å². The molecule has 6 heterocycles. The van der Waals surface area contributed by atoms with Crippen LogP contribution in [0, 0.1) is 11.3 Å². The van der Waals surface area contributed by atoms with E-state index in [0.717, 1.165) is 22.3 Å². The fraction of sp³-hybridized carbons (Fsp3) is 0.161. The first-order chi connectivity index (χ1) is 40.9. The second kappa shape index (κ2) is 31.0. The van der Waals surface area contributed by atoms with E-state index in [-0.39, 0.29) is 58.3 Å². The molecule has 33 heteroatoms. The maximum absolute atomic E-state index is 11.6. The number of pyridine rings is 2. The van der Waals surface area contributed by atoms with E-state index in [9.17, 15) is 44.4 Å². The van der Waals surface area contributed by atoms with Crippen molar-refractivity contribution in [1.29, 1.82) is 5.26 Å². The molecule has 0 aliphatic carbocycles. The van der Waals surface area contributed by atoms with Gasteiger partial charge in [-0.25, -0.2) is 47.9 Å². The summed E-state index contributed by atoms with van der Waals surface area (Å²) in [5, 5.41) is 41.2. The van der Waals surface area contributed by atoms with E-state index in [1.807, 2.05) is 110 Å². The van der Waals surface area contributed by atoms with Gasteiger partial charge >= 0.3 is 73.4 Å². The zero-order valence-electron chi connectivity index (χ0n) is 47.2. The first kappa shape index (κ1) is 71.3. The molecule has 6 aromatic heterocycles. The second-order valence-electron chi connectivity index (χ2n) is 18.0. The van der Waals surface area contributed by atoms with Crippen molar-refractivity contribution >= 4 is 31.7 Å². The number of esters is 4. The van der Waals surface area contributed by atoms with Crippen LogP contribution in [0.1, 0.15) is 70.6 Å². The van der Waals surface area contributed by atoms with Gasteiger partial charge in [0.15, 0.2) is 0 Å². The van der Waals surface area contributed by atoms with Crippen LogP contribution in [0.4, 0.5) is 25.2 Å². The summed E-state index contributed by atoms with van der Waals surface area (Å²) in [5.74, 6) is -1.50. The standard InChI is InChI=1S/2C27H23N7O4.C2H3N.ClH.F6P.Ni.H2O/c2*1-37-26(35)20-10-6-18(7-11-20)14-33-16-24(29-31-33)22-4-3-5-23(28-22)25-17-34(32-30-25)15-19-8-12-21(13-9-19)27(36)38-2;1-2-3;;1-7(2,3,4,5)6;;/h2*3-13,16-17H,14-15H2,1-2H3;1H3;1H;;;1H2/q;;;;-1;+2;/p-1. The van der Waals surface area contributed by atoms with E-state index < -0.39 is 7.81 Å². The van der Waals surface area contributed by atoms with Crippen molar-refractivity contribution < 1.29 is 97.7 Å². The molecule has 24 nitrogen and oxygen atoms in total. The van der Waals surface area contributed by atoms with Crippen LogP contribution in [0.3, 0.4) is 0 Å². The number of nitriles is 1. The Morgan fingerprint density at radius 1 is 0.404 bits per heavy atom. The largest absolute Gasteiger partial charge is 2.00 e. The zero-order chi connectivity index (χ0) is 62.1. The smallest absolute Gasteiger partial charge is 1.00 e. The van der Waals surface area contributed by atoms with E-state index in [2.05, 4.69) is 41.2 Å². The third-order valence-corrected chi connectivity index (χ3v) is 11.6. The minimum Gasteiger partial charge on any atom is -1.00 e. The molecule has 10 rings (SSSR count). The average molecular weight is 1320 g/mol. The fourth-order valence-corrected chi connectivity index (χ4v) is 7.62. The number of hydrogen-bond acceptors (Lipinski definition) is 19. The average Bonchev–Trinajstić information content (AvgIpc) is 3.63. The van der Waals surface area contributed by atoms with Crippen molar-refractivity contribution in [1.82, 2.24) is 69.9 Å². The van der Waals surface area contributed by atoms with Gasteiger partial charge in [-0.3, -0.25) is 0 Å². The molecule has 0 fully saturated rings. The number of aromatic nitrogens is 14. The van der Waals surface area contributed by atoms with E-state index in [0.29, 0.717) is 94.0 Å². The van der Waals surface area contributed by atoms with Gasteiger partial charge in [0, 0.05) is 6.92 Å². The van der Waals surface area contributed by atoms with E-state index in [1.165, 1.54) is 35.4 Å². The number of hydrogen-bond donors (Lipinski definition) is 0. The Bertz CT molecular complexity index is 3550. The molecule has 4 aromatic carbocycles. The summed E-state index contributed by atoms with van der Waals surface area (Å²) < 4.78 is 85.0. The molecule has 0 atom stereocenters. The summed E-state index contributed by atoms with van der Waals surface area (Å²) >= 11 is 0. The topological polar surface area (TPSA) is 309 Å². The third kappa shape index (κ3) is 22.3. The van der Waals surface area contributed by atoms with Gasteiger partial charge in [-0.1, -0.05) is 81.5 Å². The summed E-state index contributed by atoms with van der Waals surface area (Å²) in [7, 11) is -5.24. The Kier molecular flexibility index (Phi) is 24.8. The monoisotopic (exact) mass is 1320 g/mol. The molecule has 0 amide bonds.